The van der Waals surface area contributed by atoms with Crippen molar-refractivity contribution in [2.75, 3.05) is 0 Å². The number of hydrogen-bond donors (Lipinski definition) is 2. The maximum Gasteiger partial charge on any atom is 0.204 e. The molecule has 0 saturated carbocycles. The average Bonchev–Trinajstić information content (AvgIpc) is 1.67. The van der Waals surface area contributed by atoms with Gasteiger partial charge >= 0.3 is 0 Å². The minimum atomic E-state index is -2.65. The average molecular weight is 119 g/mol. The first-order valence-corrected chi connectivity index (χ1v) is 2.17. The monoisotopic (exact) mass is 119 g/mol. The van der Waals surface area contributed by atoms with E-state index in [1.807, 2.05) is 0 Å². The molecule has 0 atom stereocenters. The van der Waals surface area contributed by atoms with Gasteiger partial charge in [0.05, 0.1) is 0 Å². The Morgan fingerprint density at radius 2 is 2.12 bits per heavy atom. The lowest BCUT2D eigenvalue weighted by atomic mass is 10.2. The number of hydrogen-bond acceptors (Lipinski definition) is 4. The Bertz CT molecular complexity index is 96.2. The number of carboxylic acids is 1. The van der Waals surface area contributed by atoms with E-state index in [1.54, 1.807) is 0 Å². The maximum absolute atomic E-state index is 9.64. The van der Waals surface area contributed by atoms with Crippen LogP contribution in [0.15, 0.2) is 0 Å². The van der Waals surface area contributed by atoms with E-state index in [0.717, 1.165) is 0 Å². The third kappa shape index (κ3) is 1.48. The molecule has 4 heteroatoms. The second kappa shape index (κ2) is 2.11. The molecule has 0 saturated heterocycles. The molecule has 0 aliphatic rings. The molecule has 0 aliphatic carbocycles. The second-order valence-electron chi connectivity index (χ2n) is 1.46. The molecule has 0 fully saturated rings. The molecule has 4 nitrogen and oxygen atoms in total. The summed E-state index contributed by atoms with van der Waals surface area (Å²) in [7, 11) is 0. The van der Waals surface area contributed by atoms with Gasteiger partial charge in [-0.3, -0.25) is 0 Å². The Morgan fingerprint density at radius 3 is 2.12 bits per heavy atom. The van der Waals surface area contributed by atoms with E-state index < -0.39 is 11.8 Å². The van der Waals surface area contributed by atoms with Crippen molar-refractivity contribution in [2.24, 2.45) is 0 Å². The predicted octanol–water partition coefficient (Wildman–Crippen LogP) is -2.17. The molecule has 0 rings (SSSR count). The first kappa shape index (κ1) is 7.39. The van der Waals surface area contributed by atoms with Gasteiger partial charge in [-0.1, -0.05) is 6.92 Å². The number of carboxylic acid groups (broad SMARTS) is 1. The van der Waals surface area contributed by atoms with Crippen LogP contribution in [0.4, 0.5) is 0 Å². The van der Waals surface area contributed by atoms with Gasteiger partial charge in [-0.15, -0.1) is 0 Å². The third-order valence-corrected chi connectivity index (χ3v) is 0.820. The summed E-state index contributed by atoms with van der Waals surface area (Å²) in [6.45, 7) is 1.33. The quantitative estimate of drug-likeness (QED) is 0.405. The van der Waals surface area contributed by atoms with Crippen molar-refractivity contribution in [3.63, 3.8) is 0 Å². The van der Waals surface area contributed by atoms with Crippen LogP contribution in [0.2, 0.25) is 0 Å². The molecule has 0 amide bonds. The molecule has 0 unspecified atom stereocenters. The van der Waals surface area contributed by atoms with Crippen LogP contribution >= 0.6 is 0 Å². The fraction of sp³-hybridized carbons (Fsp3) is 0.750. The highest BCUT2D eigenvalue weighted by Crippen LogP contribution is 2.00. The van der Waals surface area contributed by atoms with E-state index in [0.29, 0.717) is 0 Å². The largest absolute Gasteiger partial charge is 0.544 e. The standard InChI is InChI=1S/C4H8O4/c1-2-4(7,8)3(5)6/h7-8H,2H2,1H3,(H,5,6)/p-1. The van der Waals surface area contributed by atoms with E-state index in [9.17, 15) is 9.90 Å². The van der Waals surface area contributed by atoms with Crippen LogP contribution in [-0.4, -0.2) is 22.0 Å². The van der Waals surface area contributed by atoms with Gasteiger partial charge in [0.2, 0.25) is 5.79 Å². The smallest absolute Gasteiger partial charge is 0.204 e. The van der Waals surface area contributed by atoms with Crippen LogP contribution in [0.1, 0.15) is 13.3 Å². The van der Waals surface area contributed by atoms with Gasteiger partial charge in [-0.25, -0.2) is 0 Å². The van der Waals surface area contributed by atoms with Crippen molar-refractivity contribution >= 4 is 5.97 Å². The van der Waals surface area contributed by atoms with Gasteiger partial charge in [0.1, 0.15) is 5.97 Å². The van der Waals surface area contributed by atoms with Crippen molar-refractivity contribution in [1.82, 2.24) is 0 Å². The lowest BCUT2D eigenvalue weighted by molar-refractivity contribution is -0.346. The number of aliphatic hydroxyl groups is 2. The van der Waals surface area contributed by atoms with E-state index in [2.05, 4.69) is 0 Å². The Kier molecular flexibility index (Phi) is 1.94. The van der Waals surface area contributed by atoms with Crippen LogP contribution in [-0.2, 0) is 4.79 Å². The molecule has 0 aromatic rings. The van der Waals surface area contributed by atoms with Crippen LogP contribution in [0.25, 0.3) is 0 Å². The highest BCUT2D eigenvalue weighted by atomic mass is 16.5. The van der Waals surface area contributed by atoms with Crippen LogP contribution in [0.3, 0.4) is 0 Å². The molecule has 0 aromatic carbocycles. The highest BCUT2D eigenvalue weighted by Gasteiger charge is 2.20. The SMILES string of the molecule is CCC(O)(O)C(=O)[O-]. The zero-order chi connectivity index (χ0) is 6.78. The molecule has 0 bridgehead atoms. The van der Waals surface area contributed by atoms with E-state index >= 15 is 0 Å². The summed E-state index contributed by atoms with van der Waals surface area (Å²) in [6, 6.07) is 0. The summed E-state index contributed by atoms with van der Waals surface area (Å²) in [5.41, 5.74) is 0. The van der Waals surface area contributed by atoms with Gasteiger partial charge in [0.25, 0.3) is 0 Å². The number of carbonyl (C=O) groups excluding carboxylic acids is 1. The molecule has 0 aromatic heterocycles. The lowest BCUT2D eigenvalue weighted by Gasteiger charge is -2.19. The number of carbonyl (C=O) groups is 1. The van der Waals surface area contributed by atoms with E-state index in [-0.39, 0.29) is 6.42 Å². The molecule has 8 heavy (non-hydrogen) atoms. The first-order valence-electron chi connectivity index (χ1n) is 2.17. The Labute approximate surface area is 46.4 Å². The van der Waals surface area contributed by atoms with Crippen molar-refractivity contribution in [1.29, 1.82) is 0 Å². The summed E-state index contributed by atoms with van der Waals surface area (Å²) in [4.78, 5) is 9.64. The van der Waals surface area contributed by atoms with Crippen LogP contribution < -0.4 is 5.11 Å². The van der Waals surface area contributed by atoms with E-state index in [1.165, 1.54) is 6.92 Å². The molecule has 0 spiro atoms. The highest BCUT2D eigenvalue weighted by molar-refractivity contribution is 5.72. The summed E-state index contributed by atoms with van der Waals surface area (Å²) in [5, 5.41) is 26.2. The molecule has 0 radical (unpaired) electrons. The van der Waals surface area contributed by atoms with Gasteiger partial charge in [-0.2, -0.15) is 0 Å². The van der Waals surface area contributed by atoms with Gasteiger partial charge in [-0.05, 0) is 0 Å². The summed E-state index contributed by atoms with van der Waals surface area (Å²) in [6.07, 6.45) is -0.269. The fourth-order valence-electron chi connectivity index (χ4n) is 0.144. The zero-order valence-corrected chi connectivity index (χ0v) is 4.42. The van der Waals surface area contributed by atoms with Gasteiger partial charge in [0.15, 0.2) is 0 Å². The Morgan fingerprint density at radius 1 is 1.75 bits per heavy atom. The first-order chi connectivity index (χ1) is 3.50. The topological polar surface area (TPSA) is 80.6 Å². The summed E-state index contributed by atoms with van der Waals surface area (Å²) in [5.74, 6) is -4.51. The Hall–Kier alpha value is -0.610. The second-order valence-corrected chi connectivity index (χ2v) is 1.46. The number of rotatable bonds is 2. The summed E-state index contributed by atoms with van der Waals surface area (Å²) < 4.78 is 0. The molecule has 0 heterocycles. The predicted molar refractivity (Wildman–Crippen MR) is 22.5 cm³/mol. The van der Waals surface area contributed by atoms with Crippen molar-refractivity contribution in [2.45, 2.75) is 19.1 Å². The number of aliphatic carboxylic acids is 1. The maximum atomic E-state index is 9.64. The fourth-order valence-corrected chi connectivity index (χ4v) is 0.144. The summed E-state index contributed by atoms with van der Waals surface area (Å²) >= 11 is 0. The zero-order valence-electron chi connectivity index (χ0n) is 4.42. The van der Waals surface area contributed by atoms with Crippen molar-refractivity contribution in [3.8, 4) is 0 Å². The van der Waals surface area contributed by atoms with Gasteiger partial charge in [0, 0.05) is 6.42 Å². The van der Waals surface area contributed by atoms with Gasteiger partial charge < -0.3 is 20.1 Å². The van der Waals surface area contributed by atoms with E-state index in [4.69, 9.17) is 10.2 Å². The third-order valence-electron chi connectivity index (χ3n) is 0.820. The molecule has 0 aliphatic heterocycles. The molecule has 48 valence electrons. The normalized spacial score (nSPS) is 11.4. The molecule has 2 N–H and O–H groups in total. The molecular weight excluding hydrogens is 112 g/mol. The van der Waals surface area contributed by atoms with Crippen molar-refractivity contribution < 1.29 is 20.1 Å². The minimum absolute atomic E-state index is 0.269. The lowest BCUT2D eigenvalue weighted by Crippen LogP contribution is -2.47. The van der Waals surface area contributed by atoms with Crippen LogP contribution in [0.5, 0.6) is 0 Å². The molecular formula is C4H7O4-. The van der Waals surface area contributed by atoms with Crippen molar-refractivity contribution in [3.05, 3.63) is 0 Å². The minimum Gasteiger partial charge on any atom is -0.544 e. The Balaban J connectivity index is 3.91. The van der Waals surface area contributed by atoms with Crippen LogP contribution in [0, 0.1) is 0 Å².